The molecule has 1 heteroatoms. The Balaban J connectivity index is 1.89. The molecule has 0 unspecified atom stereocenters. The molecule has 0 atom stereocenters. The van der Waals surface area contributed by atoms with Gasteiger partial charge in [-0.05, 0) is 60.4 Å². The average molecular weight is 538 g/mol. The van der Waals surface area contributed by atoms with Crippen molar-refractivity contribution in [2.45, 2.75) is 0 Å². The van der Waals surface area contributed by atoms with Gasteiger partial charge in [0, 0.05) is 15.6 Å². The summed E-state index contributed by atoms with van der Waals surface area (Å²) < 4.78 is 1.10. The predicted molar refractivity (Wildman–Crippen MR) is 161 cm³/mol. The number of benzene rings is 6. The van der Waals surface area contributed by atoms with Crippen molar-refractivity contribution in [2.75, 3.05) is 0 Å². The van der Waals surface area contributed by atoms with Crippen LogP contribution < -0.4 is 0 Å². The summed E-state index contributed by atoms with van der Waals surface area (Å²) in [5, 5.41) is 0. The molecular formula is C36H25Br. The van der Waals surface area contributed by atoms with Crippen LogP contribution in [0.5, 0.6) is 0 Å². The maximum atomic E-state index is 4.16. The van der Waals surface area contributed by atoms with E-state index in [0.717, 1.165) is 4.47 Å². The average Bonchev–Trinajstić information content (AvgIpc) is 2.98. The number of halogens is 1. The molecule has 0 saturated heterocycles. The molecule has 0 spiro atoms. The van der Waals surface area contributed by atoms with Crippen molar-refractivity contribution in [1.29, 1.82) is 0 Å². The third kappa shape index (κ3) is 4.43. The van der Waals surface area contributed by atoms with Crippen molar-refractivity contribution in [3.63, 3.8) is 0 Å². The zero-order valence-electron chi connectivity index (χ0n) is 20.3. The van der Waals surface area contributed by atoms with Crippen molar-refractivity contribution in [3.8, 4) is 55.6 Å². The van der Waals surface area contributed by atoms with Crippen molar-refractivity contribution < 1.29 is 0 Å². The summed E-state index contributed by atoms with van der Waals surface area (Å²) in [5.74, 6) is 0. The van der Waals surface area contributed by atoms with Gasteiger partial charge in [0.05, 0.1) is 0 Å². The Labute approximate surface area is 227 Å². The highest BCUT2D eigenvalue weighted by atomic mass is 79.9. The van der Waals surface area contributed by atoms with E-state index in [-0.39, 0.29) is 0 Å². The van der Waals surface area contributed by atoms with Crippen LogP contribution in [0.15, 0.2) is 156 Å². The van der Waals surface area contributed by atoms with Crippen molar-refractivity contribution in [2.24, 2.45) is 0 Å². The topological polar surface area (TPSA) is 0 Å². The minimum atomic E-state index is 1.10. The second-order valence-corrected chi connectivity index (χ2v) is 9.81. The van der Waals surface area contributed by atoms with E-state index in [0.29, 0.717) is 0 Å². The van der Waals surface area contributed by atoms with Gasteiger partial charge in [-0.1, -0.05) is 152 Å². The summed E-state index contributed by atoms with van der Waals surface area (Å²) >= 11 is 4.16. The second kappa shape index (κ2) is 10.4. The second-order valence-electron chi connectivity index (χ2n) is 9.02. The smallest absolute Gasteiger partial charge is 0.0345 e. The normalized spacial score (nSPS) is 10.8. The van der Waals surface area contributed by atoms with E-state index in [9.17, 15) is 0 Å². The number of hydrogen-bond donors (Lipinski definition) is 0. The summed E-state index contributed by atoms with van der Waals surface area (Å²) in [4.78, 5) is 0. The number of rotatable bonds is 5. The Kier molecular flexibility index (Phi) is 6.54. The largest absolute Gasteiger partial charge is 0.0622 e. The molecule has 0 nitrogen and oxygen atoms in total. The first-order valence-corrected chi connectivity index (χ1v) is 13.3. The third-order valence-electron chi connectivity index (χ3n) is 6.75. The van der Waals surface area contributed by atoms with E-state index in [1.807, 2.05) is 0 Å². The summed E-state index contributed by atoms with van der Waals surface area (Å²) in [6.07, 6.45) is 0. The minimum absolute atomic E-state index is 1.10. The first-order valence-electron chi connectivity index (χ1n) is 12.5. The van der Waals surface area contributed by atoms with Gasteiger partial charge in [-0.3, -0.25) is 0 Å². The SMILES string of the molecule is Brc1c(-c2ccccc2)c(-c2ccccc2)c(-c2ccccc2)c(-c2ccccc2)c1-c1ccccc1. The first-order chi connectivity index (χ1) is 18.3. The fourth-order valence-electron chi connectivity index (χ4n) is 5.15. The van der Waals surface area contributed by atoms with Gasteiger partial charge >= 0.3 is 0 Å². The van der Waals surface area contributed by atoms with Crippen molar-refractivity contribution in [3.05, 3.63) is 156 Å². The molecule has 0 amide bonds. The van der Waals surface area contributed by atoms with E-state index in [1.165, 1.54) is 55.6 Å². The molecule has 0 aliphatic heterocycles. The molecule has 0 fully saturated rings. The molecule has 0 N–H and O–H groups in total. The van der Waals surface area contributed by atoms with Gasteiger partial charge in [-0.25, -0.2) is 0 Å². The van der Waals surface area contributed by atoms with Gasteiger partial charge in [-0.2, -0.15) is 0 Å². The Morgan fingerprint density at radius 1 is 0.243 bits per heavy atom. The highest BCUT2D eigenvalue weighted by Gasteiger charge is 2.27. The van der Waals surface area contributed by atoms with Gasteiger partial charge in [-0.15, -0.1) is 0 Å². The fourth-order valence-corrected chi connectivity index (χ4v) is 6.01. The molecule has 0 saturated carbocycles. The molecule has 0 heterocycles. The van der Waals surface area contributed by atoms with Crippen LogP contribution >= 0.6 is 15.9 Å². The van der Waals surface area contributed by atoms with E-state index in [1.54, 1.807) is 0 Å². The van der Waals surface area contributed by atoms with Gasteiger partial charge in [0.15, 0.2) is 0 Å². The molecule has 37 heavy (non-hydrogen) atoms. The molecule has 0 radical (unpaired) electrons. The monoisotopic (exact) mass is 536 g/mol. The Morgan fingerprint density at radius 3 is 0.676 bits per heavy atom. The highest BCUT2D eigenvalue weighted by molar-refractivity contribution is 9.10. The van der Waals surface area contributed by atoms with E-state index < -0.39 is 0 Å². The third-order valence-corrected chi connectivity index (χ3v) is 7.54. The summed E-state index contributed by atoms with van der Waals surface area (Å²) in [6, 6.07) is 53.8. The predicted octanol–water partition coefficient (Wildman–Crippen LogP) is 10.8. The molecule has 0 aromatic heterocycles. The lowest BCUT2D eigenvalue weighted by Gasteiger charge is -2.26. The molecule has 6 rings (SSSR count). The quantitative estimate of drug-likeness (QED) is 0.205. The fraction of sp³-hybridized carbons (Fsp3) is 0. The molecule has 0 aliphatic rings. The summed E-state index contributed by atoms with van der Waals surface area (Å²) in [7, 11) is 0. The maximum absolute atomic E-state index is 4.16. The summed E-state index contributed by atoms with van der Waals surface area (Å²) in [6.45, 7) is 0. The first kappa shape index (κ1) is 23.2. The van der Waals surface area contributed by atoms with Crippen LogP contribution in [0.1, 0.15) is 0 Å². The molecule has 6 aromatic rings. The Morgan fingerprint density at radius 2 is 0.432 bits per heavy atom. The van der Waals surface area contributed by atoms with Crippen LogP contribution in [0.4, 0.5) is 0 Å². The zero-order chi connectivity index (χ0) is 25.0. The molecule has 0 aliphatic carbocycles. The van der Waals surface area contributed by atoms with Crippen molar-refractivity contribution in [1.82, 2.24) is 0 Å². The van der Waals surface area contributed by atoms with Gasteiger partial charge in [0.25, 0.3) is 0 Å². The van der Waals surface area contributed by atoms with Crippen LogP contribution in [0.25, 0.3) is 55.6 Å². The lowest BCUT2D eigenvalue weighted by Crippen LogP contribution is -1.99. The maximum Gasteiger partial charge on any atom is 0.0345 e. The van der Waals surface area contributed by atoms with E-state index in [2.05, 4.69) is 168 Å². The Hall–Kier alpha value is -4.20. The Bertz CT molecular complexity index is 1520. The lowest BCUT2D eigenvalue weighted by molar-refractivity contribution is 1.50. The van der Waals surface area contributed by atoms with E-state index >= 15 is 0 Å². The summed E-state index contributed by atoms with van der Waals surface area (Å²) in [5.41, 5.74) is 12.0. The van der Waals surface area contributed by atoms with Crippen molar-refractivity contribution >= 4 is 15.9 Å². The molecule has 0 bridgehead atoms. The minimum Gasteiger partial charge on any atom is -0.0622 e. The molecule has 6 aromatic carbocycles. The standard InChI is InChI=1S/C36H25Br/c37-36-34(29-22-12-4-13-23-29)32(27-18-8-2-9-19-27)31(26-16-6-1-7-17-26)33(28-20-10-3-11-21-28)35(36)30-24-14-5-15-25-30/h1-25H. The van der Waals surface area contributed by atoms with Crippen LogP contribution in [0, 0.1) is 0 Å². The van der Waals surface area contributed by atoms with Crippen LogP contribution in [-0.2, 0) is 0 Å². The van der Waals surface area contributed by atoms with Crippen LogP contribution in [-0.4, -0.2) is 0 Å². The zero-order valence-corrected chi connectivity index (χ0v) is 21.9. The van der Waals surface area contributed by atoms with Gasteiger partial charge in [0.1, 0.15) is 0 Å². The molecule has 176 valence electrons. The van der Waals surface area contributed by atoms with Gasteiger partial charge < -0.3 is 0 Å². The highest BCUT2D eigenvalue weighted by Crippen LogP contribution is 2.54. The molecular weight excluding hydrogens is 512 g/mol. The van der Waals surface area contributed by atoms with Gasteiger partial charge in [0.2, 0.25) is 0 Å². The lowest BCUT2D eigenvalue weighted by atomic mass is 9.79. The van der Waals surface area contributed by atoms with Crippen LogP contribution in [0.2, 0.25) is 0 Å². The number of hydrogen-bond acceptors (Lipinski definition) is 0. The van der Waals surface area contributed by atoms with Crippen LogP contribution in [0.3, 0.4) is 0 Å². The van der Waals surface area contributed by atoms with E-state index in [4.69, 9.17) is 0 Å².